The van der Waals surface area contributed by atoms with E-state index in [1.165, 1.54) is 18.6 Å². The summed E-state index contributed by atoms with van der Waals surface area (Å²) in [5, 5.41) is 8.42. The van der Waals surface area contributed by atoms with Crippen molar-refractivity contribution in [1.82, 2.24) is 20.0 Å². The van der Waals surface area contributed by atoms with Crippen LogP contribution in [0.4, 0.5) is 4.39 Å². The van der Waals surface area contributed by atoms with Crippen LogP contribution in [0, 0.1) is 11.7 Å². The van der Waals surface area contributed by atoms with Crippen LogP contribution in [0.15, 0.2) is 54.9 Å². The first-order valence-electron chi connectivity index (χ1n) is 13.7. The van der Waals surface area contributed by atoms with Crippen molar-refractivity contribution in [2.45, 2.75) is 79.7 Å². The molecule has 5 nitrogen and oxygen atoms in total. The van der Waals surface area contributed by atoms with Gasteiger partial charge in [-0.2, -0.15) is 5.10 Å². The molecule has 0 aliphatic carbocycles. The van der Waals surface area contributed by atoms with E-state index in [-0.39, 0.29) is 17.8 Å². The molecule has 1 aromatic carbocycles. The van der Waals surface area contributed by atoms with E-state index < -0.39 is 0 Å². The Morgan fingerprint density at radius 3 is 2.46 bits per heavy atom. The van der Waals surface area contributed by atoms with Crippen LogP contribution in [0.3, 0.4) is 0 Å². The maximum Gasteiger partial charge on any atom is 0.219 e. The summed E-state index contributed by atoms with van der Waals surface area (Å²) in [5.41, 5.74) is 4.74. The number of nitrogens with one attached hydrogen (secondary N) is 1. The molecule has 0 radical (unpaired) electrons. The highest BCUT2D eigenvalue weighted by Gasteiger charge is 2.28. The number of allylic oxidation sites excluding steroid dienone is 3. The zero-order chi connectivity index (χ0) is 27.4. The number of hydrogen-bond acceptors (Lipinski definition) is 3. The summed E-state index contributed by atoms with van der Waals surface area (Å²) in [4.78, 5) is 13.9. The van der Waals surface area contributed by atoms with Gasteiger partial charge in [0, 0.05) is 42.9 Å². The van der Waals surface area contributed by atoms with Gasteiger partial charge in [0.2, 0.25) is 5.91 Å². The second kappa shape index (κ2) is 15.2. The minimum atomic E-state index is -0.278. The van der Waals surface area contributed by atoms with Crippen molar-refractivity contribution in [2.75, 3.05) is 13.1 Å². The molecular weight excluding hydrogens is 463 g/mol. The van der Waals surface area contributed by atoms with Crippen molar-refractivity contribution in [3.05, 3.63) is 72.0 Å². The van der Waals surface area contributed by atoms with E-state index >= 15 is 0 Å². The Bertz CT molecular complexity index is 1070. The van der Waals surface area contributed by atoms with E-state index in [1.54, 1.807) is 29.8 Å². The number of piperidine rings is 1. The van der Waals surface area contributed by atoms with E-state index in [4.69, 9.17) is 0 Å². The maximum absolute atomic E-state index is 13.4. The van der Waals surface area contributed by atoms with Crippen LogP contribution in [-0.2, 0) is 4.79 Å². The predicted octanol–water partition coefficient (Wildman–Crippen LogP) is 7.39. The molecule has 1 aromatic heterocycles. The van der Waals surface area contributed by atoms with Crippen molar-refractivity contribution in [2.24, 2.45) is 5.92 Å². The van der Waals surface area contributed by atoms with Crippen molar-refractivity contribution in [3.63, 3.8) is 0 Å². The third kappa shape index (κ3) is 7.91. The Morgan fingerprint density at radius 1 is 1.24 bits per heavy atom. The van der Waals surface area contributed by atoms with Crippen LogP contribution in [0.25, 0.3) is 17.3 Å². The SMILES string of the molecule is C=Cc1c(C(=C\C)/C(=C\CC)NC(CC)C2CCCN(C(C)=O)C2)cnn1-c1ccc(F)cc1.CCC. The normalized spacial score (nSPS) is 17.1. The minimum Gasteiger partial charge on any atom is -0.382 e. The molecule has 1 saturated heterocycles. The number of carbonyl (C=O) groups is 1. The molecule has 0 bridgehead atoms. The highest BCUT2D eigenvalue weighted by molar-refractivity contribution is 5.82. The average Bonchev–Trinajstić information content (AvgIpc) is 3.32. The molecule has 1 amide bonds. The lowest BCUT2D eigenvalue weighted by Gasteiger charge is -2.37. The molecule has 0 saturated carbocycles. The number of amides is 1. The predicted molar refractivity (Wildman–Crippen MR) is 154 cm³/mol. The van der Waals surface area contributed by atoms with E-state index in [1.807, 2.05) is 18.0 Å². The van der Waals surface area contributed by atoms with Gasteiger partial charge in [-0.3, -0.25) is 4.79 Å². The summed E-state index contributed by atoms with van der Waals surface area (Å²) in [7, 11) is 0. The minimum absolute atomic E-state index is 0.154. The van der Waals surface area contributed by atoms with Gasteiger partial charge in [-0.05, 0) is 68.9 Å². The molecule has 1 N–H and O–H groups in total. The number of carbonyl (C=O) groups excluding carboxylic acids is 1. The smallest absolute Gasteiger partial charge is 0.219 e. The molecule has 37 heavy (non-hydrogen) atoms. The Labute approximate surface area is 223 Å². The van der Waals surface area contributed by atoms with E-state index in [0.29, 0.717) is 5.92 Å². The van der Waals surface area contributed by atoms with Gasteiger partial charge in [-0.1, -0.05) is 52.8 Å². The first-order valence-corrected chi connectivity index (χ1v) is 13.7. The zero-order valence-corrected chi connectivity index (χ0v) is 23.6. The van der Waals surface area contributed by atoms with Gasteiger partial charge in [-0.15, -0.1) is 0 Å². The summed E-state index contributed by atoms with van der Waals surface area (Å²) >= 11 is 0. The van der Waals surface area contributed by atoms with Gasteiger partial charge in [-0.25, -0.2) is 9.07 Å². The van der Waals surface area contributed by atoms with E-state index in [9.17, 15) is 9.18 Å². The number of benzene rings is 1. The first-order chi connectivity index (χ1) is 17.8. The maximum atomic E-state index is 13.4. The highest BCUT2D eigenvalue weighted by atomic mass is 19.1. The lowest BCUT2D eigenvalue weighted by Crippen LogP contribution is -2.46. The Kier molecular flexibility index (Phi) is 12.3. The number of aromatic nitrogens is 2. The van der Waals surface area contributed by atoms with Gasteiger partial charge < -0.3 is 10.2 Å². The van der Waals surface area contributed by atoms with Gasteiger partial charge >= 0.3 is 0 Å². The molecular formula is C31H45FN4O. The fourth-order valence-corrected chi connectivity index (χ4v) is 4.83. The molecule has 1 aliphatic heterocycles. The van der Waals surface area contributed by atoms with Gasteiger partial charge in [0.05, 0.1) is 17.6 Å². The second-order valence-electron chi connectivity index (χ2n) is 9.50. The molecule has 2 aromatic rings. The number of nitrogens with zero attached hydrogens (tertiary/aromatic N) is 3. The fraction of sp³-hybridized carbons (Fsp3) is 0.484. The molecule has 202 valence electrons. The quantitative estimate of drug-likeness (QED) is 0.359. The molecule has 2 heterocycles. The van der Waals surface area contributed by atoms with Crippen molar-refractivity contribution < 1.29 is 9.18 Å². The summed E-state index contributed by atoms with van der Waals surface area (Å²) < 4.78 is 15.2. The lowest BCUT2D eigenvalue weighted by molar-refractivity contribution is -0.130. The monoisotopic (exact) mass is 508 g/mol. The van der Waals surface area contributed by atoms with Crippen LogP contribution < -0.4 is 5.32 Å². The standard InChI is InChI=1S/C28H37FN4O.C3H8/c1-6-11-27(31-26(8-3)21-12-10-17-32(19-21)20(5)34)24(7-2)25-18-30-33(28(25)9-4)23-15-13-22(29)14-16-23;1-3-2/h7,9,11,13-16,18,21,26,31H,4,6,8,10,12,17,19H2,1-3,5H3;3H2,1-2H3/b24-7+,27-11+;. The Balaban J connectivity index is 0.00000153. The molecule has 6 heteroatoms. The van der Waals surface area contributed by atoms with Crippen LogP contribution in [-0.4, -0.2) is 39.7 Å². The van der Waals surface area contributed by atoms with Crippen LogP contribution in [0.2, 0.25) is 0 Å². The average molecular weight is 509 g/mol. The molecule has 3 rings (SSSR count). The number of rotatable bonds is 9. The molecule has 2 atom stereocenters. The number of hydrogen-bond donors (Lipinski definition) is 1. The second-order valence-corrected chi connectivity index (χ2v) is 9.50. The molecule has 1 aliphatic rings. The Hall–Kier alpha value is -3.15. The van der Waals surface area contributed by atoms with E-state index in [0.717, 1.165) is 67.0 Å². The summed E-state index contributed by atoms with van der Waals surface area (Å²) in [6.45, 7) is 17.9. The molecule has 2 unspecified atom stereocenters. The summed E-state index contributed by atoms with van der Waals surface area (Å²) in [6, 6.07) is 6.56. The summed E-state index contributed by atoms with van der Waals surface area (Å²) in [5.74, 6) is 0.281. The molecule has 0 spiro atoms. The van der Waals surface area contributed by atoms with Gasteiger partial charge in [0.1, 0.15) is 5.82 Å². The first kappa shape index (κ1) is 30.1. The van der Waals surface area contributed by atoms with Gasteiger partial charge in [0.15, 0.2) is 0 Å². The number of halogens is 1. The van der Waals surface area contributed by atoms with Crippen LogP contribution in [0.5, 0.6) is 0 Å². The largest absolute Gasteiger partial charge is 0.382 e. The third-order valence-corrected chi connectivity index (χ3v) is 6.60. The van der Waals surface area contributed by atoms with Gasteiger partial charge in [0.25, 0.3) is 0 Å². The fourth-order valence-electron chi connectivity index (χ4n) is 4.83. The summed E-state index contributed by atoms with van der Waals surface area (Å²) in [6.07, 6.45) is 13.2. The zero-order valence-electron chi connectivity index (χ0n) is 23.6. The lowest BCUT2D eigenvalue weighted by atomic mass is 9.88. The third-order valence-electron chi connectivity index (χ3n) is 6.60. The van der Waals surface area contributed by atoms with Crippen molar-refractivity contribution in [1.29, 1.82) is 0 Å². The van der Waals surface area contributed by atoms with Crippen molar-refractivity contribution >= 4 is 17.6 Å². The Morgan fingerprint density at radius 2 is 1.92 bits per heavy atom. The van der Waals surface area contributed by atoms with Crippen LogP contribution in [0.1, 0.15) is 84.9 Å². The van der Waals surface area contributed by atoms with Crippen molar-refractivity contribution in [3.8, 4) is 5.69 Å². The van der Waals surface area contributed by atoms with Crippen LogP contribution >= 0.6 is 0 Å². The number of likely N-dealkylation sites (tertiary alicyclic amines) is 1. The topological polar surface area (TPSA) is 50.2 Å². The van der Waals surface area contributed by atoms with E-state index in [2.05, 4.69) is 56.8 Å². The highest BCUT2D eigenvalue weighted by Crippen LogP contribution is 2.30. The molecule has 1 fully saturated rings.